The molecule has 0 unspecified atom stereocenters. The molecule has 4 aromatic carbocycles. The fourth-order valence-electron chi connectivity index (χ4n) is 3.53. The molecular weight excluding hydrogens is 475 g/mol. The molecule has 4 nitrogen and oxygen atoms in total. The van der Waals surface area contributed by atoms with Gasteiger partial charge in [-0.2, -0.15) is 5.26 Å². The zero-order valence-corrected chi connectivity index (χ0v) is 20.0. The van der Waals surface area contributed by atoms with Gasteiger partial charge in [0.25, 0.3) is 5.91 Å². The van der Waals surface area contributed by atoms with Crippen LogP contribution in [-0.2, 0) is 17.8 Å². The van der Waals surface area contributed by atoms with Crippen LogP contribution in [0.2, 0.25) is 5.02 Å². The maximum atomic E-state index is 14.0. The number of nitrogens with one attached hydrogen (secondary N) is 1. The van der Waals surface area contributed by atoms with Crippen LogP contribution in [0, 0.1) is 17.1 Å². The molecular formula is C30H22ClFN2O2. The van der Waals surface area contributed by atoms with Crippen molar-refractivity contribution in [1.29, 1.82) is 5.26 Å². The highest BCUT2D eigenvalue weighted by atomic mass is 35.5. The number of anilines is 1. The number of halogens is 2. The molecule has 0 saturated carbocycles. The van der Waals surface area contributed by atoms with Crippen LogP contribution >= 0.6 is 11.6 Å². The molecule has 0 radical (unpaired) electrons. The average Bonchev–Trinajstić information content (AvgIpc) is 2.90. The van der Waals surface area contributed by atoms with Crippen LogP contribution in [0.4, 0.5) is 10.1 Å². The van der Waals surface area contributed by atoms with E-state index >= 15 is 0 Å². The molecule has 178 valence electrons. The quantitative estimate of drug-likeness (QED) is 0.207. The van der Waals surface area contributed by atoms with Crippen LogP contribution in [0.5, 0.6) is 5.75 Å². The second kappa shape index (κ2) is 11.8. The first kappa shape index (κ1) is 24.7. The van der Waals surface area contributed by atoms with Crippen LogP contribution in [0.1, 0.15) is 22.3 Å². The second-order valence-corrected chi connectivity index (χ2v) is 8.45. The Labute approximate surface area is 214 Å². The van der Waals surface area contributed by atoms with Gasteiger partial charge in [-0.1, -0.05) is 72.3 Å². The van der Waals surface area contributed by atoms with Crippen molar-refractivity contribution in [3.8, 4) is 11.8 Å². The van der Waals surface area contributed by atoms with E-state index in [0.29, 0.717) is 40.6 Å². The Kier molecular flexibility index (Phi) is 8.12. The minimum Gasteiger partial charge on any atom is -0.489 e. The monoisotopic (exact) mass is 496 g/mol. The van der Waals surface area contributed by atoms with Crippen molar-refractivity contribution in [2.45, 2.75) is 13.0 Å². The fourth-order valence-corrected chi connectivity index (χ4v) is 3.79. The van der Waals surface area contributed by atoms with Crippen LogP contribution in [-0.4, -0.2) is 5.91 Å². The number of nitriles is 1. The number of rotatable bonds is 8. The third kappa shape index (κ3) is 6.59. The summed E-state index contributed by atoms with van der Waals surface area (Å²) in [5, 5.41) is 12.7. The van der Waals surface area contributed by atoms with Gasteiger partial charge in [0.15, 0.2) is 0 Å². The lowest BCUT2D eigenvalue weighted by Crippen LogP contribution is -2.13. The SMILES string of the molecule is N#C/C(=C\c1ccc(Cc2ccccc2F)c(Cl)c1)C(=O)Nc1ccc(OCc2ccccc2)cc1. The highest BCUT2D eigenvalue weighted by molar-refractivity contribution is 6.31. The maximum absolute atomic E-state index is 14.0. The lowest BCUT2D eigenvalue weighted by molar-refractivity contribution is -0.112. The average molecular weight is 497 g/mol. The van der Waals surface area contributed by atoms with Gasteiger partial charge in [-0.15, -0.1) is 0 Å². The summed E-state index contributed by atoms with van der Waals surface area (Å²) in [6.07, 6.45) is 1.80. The molecule has 0 atom stereocenters. The van der Waals surface area contributed by atoms with E-state index in [9.17, 15) is 14.4 Å². The molecule has 0 fully saturated rings. The number of hydrogen-bond acceptors (Lipinski definition) is 3. The number of hydrogen-bond donors (Lipinski definition) is 1. The van der Waals surface area contributed by atoms with Crippen molar-refractivity contribution < 1.29 is 13.9 Å². The van der Waals surface area contributed by atoms with Gasteiger partial charge in [0.1, 0.15) is 29.8 Å². The number of ether oxygens (including phenoxy) is 1. The number of carbonyl (C=O) groups excluding carboxylic acids is 1. The van der Waals surface area contributed by atoms with Crippen molar-refractivity contribution in [3.05, 3.63) is 136 Å². The van der Waals surface area contributed by atoms with E-state index in [1.165, 1.54) is 12.1 Å². The summed E-state index contributed by atoms with van der Waals surface area (Å²) in [4.78, 5) is 12.7. The molecule has 0 aliphatic rings. The molecule has 0 aliphatic heterocycles. The molecule has 0 aliphatic carbocycles. The summed E-state index contributed by atoms with van der Waals surface area (Å²) >= 11 is 6.40. The summed E-state index contributed by atoms with van der Waals surface area (Å²) in [6, 6.07) is 30.3. The smallest absolute Gasteiger partial charge is 0.266 e. The number of nitrogens with zero attached hydrogens (tertiary/aromatic N) is 1. The molecule has 0 heterocycles. The third-order valence-corrected chi connectivity index (χ3v) is 5.80. The summed E-state index contributed by atoms with van der Waals surface area (Å²) in [6.45, 7) is 0.440. The first-order valence-corrected chi connectivity index (χ1v) is 11.6. The highest BCUT2D eigenvalue weighted by Gasteiger charge is 2.11. The minimum atomic E-state index is -0.540. The molecule has 1 amide bonds. The van der Waals surface area contributed by atoms with Gasteiger partial charge >= 0.3 is 0 Å². The Bertz CT molecular complexity index is 1430. The number of amides is 1. The van der Waals surface area contributed by atoms with Gasteiger partial charge in [-0.25, -0.2) is 4.39 Å². The fraction of sp³-hybridized carbons (Fsp3) is 0.0667. The van der Waals surface area contributed by atoms with Crippen LogP contribution in [0.3, 0.4) is 0 Å². The van der Waals surface area contributed by atoms with E-state index in [-0.39, 0.29) is 11.4 Å². The molecule has 0 bridgehead atoms. The highest BCUT2D eigenvalue weighted by Crippen LogP contribution is 2.24. The first-order valence-electron chi connectivity index (χ1n) is 11.2. The van der Waals surface area contributed by atoms with Gasteiger partial charge in [0, 0.05) is 17.1 Å². The van der Waals surface area contributed by atoms with Gasteiger partial charge in [-0.3, -0.25) is 4.79 Å². The zero-order valence-electron chi connectivity index (χ0n) is 19.2. The van der Waals surface area contributed by atoms with Crippen molar-refractivity contribution in [3.63, 3.8) is 0 Å². The largest absolute Gasteiger partial charge is 0.489 e. The summed E-state index contributed by atoms with van der Waals surface area (Å²) in [5.74, 6) is -0.170. The Morgan fingerprint density at radius 2 is 1.67 bits per heavy atom. The molecule has 0 aromatic heterocycles. The van der Waals surface area contributed by atoms with E-state index < -0.39 is 5.91 Å². The van der Waals surface area contributed by atoms with Crippen LogP contribution in [0.25, 0.3) is 6.08 Å². The van der Waals surface area contributed by atoms with Crippen molar-refractivity contribution in [2.24, 2.45) is 0 Å². The predicted molar refractivity (Wildman–Crippen MR) is 140 cm³/mol. The van der Waals surface area contributed by atoms with Gasteiger partial charge in [-0.05, 0) is 64.7 Å². The zero-order chi connectivity index (χ0) is 25.3. The van der Waals surface area contributed by atoms with E-state index in [0.717, 1.165) is 11.1 Å². The standard InChI is InChI=1S/C30H22ClFN2O2/c31-28-17-22(10-11-23(28)18-24-8-4-5-9-29(24)32)16-25(19-33)30(35)34-26-12-14-27(15-13-26)36-20-21-6-2-1-3-7-21/h1-17H,18,20H2,(H,34,35)/b25-16+. The first-order chi connectivity index (χ1) is 17.5. The van der Waals surface area contributed by atoms with Gasteiger partial charge in [0.2, 0.25) is 0 Å². The molecule has 6 heteroatoms. The van der Waals surface area contributed by atoms with Crippen LogP contribution < -0.4 is 10.1 Å². The summed E-state index contributed by atoms with van der Waals surface area (Å²) in [5.41, 5.74) is 3.39. The predicted octanol–water partition coefficient (Wildman–Crippen LogP) is 7.19. The molecule has 0 spiro atoms. The number of carbonyl (C=O) groups is 1. The second-order valence-electron chi connectivity index (χ2n) is 8.04. The topological polar surface area (TPSA) is 62.1 Å². The van der Waals surface area contributed by atoms with Gasteiger partial charge in [0.05, 0.1) is 0 Å². The molecule has 4 rings (SSSR count). The van der Waals surface area contributed by atoms with Gasteiger partial charge < -0.3 is 10.1 Å². The molecule has 4 aromatic rings. The van der Waals surface area contributed by atoms with E-state index in [2.05, 4.69) is 5.32 Å². The normalized spacial score (nSPS) is 11.0. The maximum Gasteiger partial charge on any atom is 0.266 e. The summed E-state index contributed by atoms with van der Waals surface area (Å²) in [7, 11) is 0. The lowest BCUT2D eigenvalue weighted by Gasteiger charge is -2.09. The third-order valence-electron chi connectivity index (χ3n) is 5.45. The van der Waals surface area contributed by atoms with Crippen molar-refractivity contribution in [1.82, 2.24) is 0 Å². The lowest BCUT2D eigenvalue weighted by atomic mass is 10.0. The molecule has 1 N–H and O–H groups in total. The van der Waals surface area contributed by atoms with E-state index in [1.54, 1.807) is 60.7 Å². The van der Waals surface area contributed by atoms with Crippen molar-refractivity contribution >= 4 is 29.3 Å². The Morgan fingerprint density at radius 3 is 2.36 bits per heavy atom. The number of benzene rings is 4. The van der Waals surface area contributed by atoms with E-state index in [1.807, 2.05) is 36.4 Å². The van der Waals surface area contributed by atoms with Crippen molar-refractivity contribution in [2.75, 3.05) is 5.32 Å². The Balaban J connectivity index is 1.39. The minimum absolute atomic E-state index is 0.0719. The Morgan fingerprint density at radius 1 is 0.944 bits per heavy atom. The summed E-state index contributed by atoms with van der Waals surface area (Å²) < 4.78 is 19.7. The molecule has 0 saturated heterocycles. The van der Waals surface area contributed by atoms with E-state index in [4.69, 9.17) is 16.3 Å². The molecule has 36 heavy (non-hydrogen) atoms. The Hall–Kier alpha value is -4.40. The van der Waals surface area contributed by atoms with Crippen LogP contribution in [0.15, 0.2) is 103 Å².